The summed E-state index contributed by atoms with van der Waals surface area (Å²) in [6, 6.07) is 4.73. The average molecular weight is 268 g/mol. The lowest BCUT2D eigenvalue weighted by Gasteiger charge is -2.24. The fourth-order valence-corrected chi connectivity index (χ4v) is 3.52. The van der Waals surface area contributed by atoms with Crippen LogP contribution in [0.3, 0.4) is 0 Å². The third kappa shape index (κ3) is 3.11. The van der Waals surface area contributed by atoms with Crippen molar-refractivity contribution in [3.63, 3.8) is 0 Å². The summed E-state index contributed by atoms with van der Waals surface area (Å²) in [4.78, 5) is 0.232. The Morgan fingerprint density at radius 2 is 2.00 bits per heavy atom. The van der Waals surface area contributed by atoms with Crippen LogP contribution in [0.1, 0.15) is 19.4 Å². The van der Waals surface area contributed by atoms with Gasteiger partial charge in [0.1, 0.15) is 0 Å². The Hall–Kier alpha value is -1.33. The number of hydrogen-bond donors (Lipinski definition) is 1. The van der Waals surface area contributed by atoms with E-state index in [1.165, 1.54) is 10.4 Å². The predicted octanol–water partition coefficient (Wildman–Crippen LogP) is 2.16. The number of aryl methyl sites for hydroxylation is 1. The first-order valence-corrected chi connectivity index (χ1v) is 7.23. The lowest BCUT2D eigenvalue weighted by Crippen LogP contribution is -2.37. The highest BCUT2D eigenvalue weighted by molar-refractivity contribution is 7.89. The van der Waals surface area contributed by atoms with Crippen molar-refractivity contribution in [3.05, 3.63) is 36.4 Å². The summed E-state index contributed by atoms with van der Waals surface area (Å²) in [7, 11) is -3.53. The van der Waals surface area contributed by atoms with E-state index >= 15 is 0 Å². The molecule has 0 saturated carbocycles. The minimum atomic E-state index is -3.53. The topological polar surface area (TPSA) is 63.4 Å². The number of nitrogens with zero attached hydrogens (tertiary/aromatic N) is 1. The lowest BCUT2D eigenvalue weighted by atomic mass is 10.2. The summed E-state index contributed by atoms with van der Waals surface area (Å²) in [5.41, 5.74) is 6.99. The van der Waals surface area contributed by atoms with E-state index in [2.05, 4.69) is 6.58 Å². The molecule has 0 aromatic heterocycles. The molecule has 0 radical (unpaired) electrons. The fraction of sp³-hybridized carbons (Fsp3) is 0.385. The van der Waals surface area contributed by atoms with E-state index in [9.17, 15) is 8.42 Å². The largest absolute Gasteiger partial charge is 0.399 e. The molecule has 0 spiro atoms. The number of benzene rings is 1. The van der Waals surface area contributed by atoms with E-state index in [1.807, 2.05) is 20.8 Å². The van der Waals surface area contributed by atoms with Crippen LogP contribution in [0.2, 0.25) is 0 Å². The molecule has 0 atom stereocenters. The Kier molecular flexibility index (Phi) is 4.53. The van der Waals surface area contributed by atoms with Crippen molar-refractivity contribution in [2.45, 2.75) is 31.7 Å². The highest BCUT2D eigenvalue weighted by Gasteiger charge is 2.26. The fourth-order valence-electron chi connectivity index (χ4n) is 1.77. The quantitative estimate of drug-likeness (QED) is 0.657. The predicted molar refractivity (Wildman–Crippen MR) is 74.8 cm³/mol. The van der Waals surface area contributed by atoms with Crippen molar-refractivity contribution in [2.24, 2.45) is 0 Å². The molecule has 0 unspecified atom stereocenters. The van der Waals surface area contributed by atoms with E-state index in [4.69, 9.17) is 5.73 Å². The molecule has 0 aliphatic heterocycles. The summed E-state index contributed by atoms with van der Waals surface area (Å²) in [6.07, 6.45) is 1.58. The Balaban J connectivity index is 3.30. The van der Waals surface area contributed by atoms with Gasteiger partial charge in [0.25, 0.3) is 0 Å². The normalized spacial score (nSPS) is 12.1. The first-order valence-electron chi connectivity index (χ1n) is 5.79. The molecule has 0 aliphatic carbocycles. The van der Waals surface area contributed by atoms with Gasteiger partial charge in [-0.05, 0) is 44.5 Å². The zero-order valence-corrected chi connectivity index (χ0v) is 11.9. The number of nitrogen functional groups attached to an aromatic ring is 1. The number of hydrogen-bond acceptors (Lipinski definition) is 3. The highest BCUT2D eigenvalue weighted by Crippen LogP contribution is 2.21. The van der Waals surface area contributed by atoms with Crippen LogP contribution in [0.5, 0.6) is 0 Å². The van der Waals surface area contributed by atoms with Crippen LogP contribution >= 0.6 is 0 Å². The molecule has 1 aromatic rings. The maximum atomic E-state index is 12.5. The smallest absolute Gasteiger partial charge is 0.243 e. The summed E-state index contributed by atoms with van der Waals surface area (Å²) in [5, 5.41) is 0. The minimum Gasteiger partial charge on any atom is -0.399 e. The van der Waals surface area contributed by atoms with Gasteiger partial charge in [0.2, 0.25) is 10.0 Å². The van der Waals surface area contributed by atoms with Gasteiger partial charge in [-0.15, -0.1) is 6.58 Å². The van der Waals surface area contributed by atoms with Crippen LogP contribution in [0.4, 0.5) is 5.69 Å². The monoisotopic (exact) mass is 268 g/mol. The van der Waals surface area contributed by atoms with E-state index in [-0.39, 0.29) is 17.5 Å². The summed E-state index contributed by atoms with van der Waals surface area (Å²) in [5.74, 6) is 0. The second-order valence-electron chi connectivity index (χ2n) is 4.54. The van der Waals surface area contributed by atoms with Crippen molar-refractivity contribution >= 4 is 15.7 Å². The number of sulfonamides is 1. The van der Waals surface area contributed by atoms with Crippen molar-refractivity contribution < 1.29 is 8.42 Å². The molecule has 0 saturated heterocycles. The lowest BCUT2D eigenvalue weighted by molar-refractivity contribution is 0.383. The Morgan fingerprint density at radius 3 is 2.44 bits per heavy atom. The molecule has 5 heteroatoms. The van der Waals surface area contributed by atoms with Crippen molar-refractivity contribution in [3.8, 4) is 0 Å². The zero-order chi connectivity index (χ0) is 13.9. The van der Waals surface area contributed by atoms with Crippen LogP contribution in [-0.2, 0) is 10.0 Å². The van der Waals surface area contributed by atoms with E-state index < -0.39 is 10.0 Å². The van der Waals surface area contributed by atoms with Gasteiger partial charge in [-0.3, -0.25) is 0 Å². The van der Waals surface area contributed by atoms with Gasteiger partial charge in [-0.2, -0.15) is 4.31 Å². The SMILES string of the molecule is C=CCN(C(C)C)S(=O)(=O)c1cc(C)cc(N)c1. The molecule has 0 fully saturated rings. The van der Waals surface area contributed by atoms with Crippen LogP contribution < -0.4 is 5.73 Å². The van der Waals surface area contributed by atoms with Gasteiger partial charge in [0, 0.05) is 18.3 Å². The molecule has 0 bridgehead atoms. The molecular weight excluding hydrogens is 248 g/mol. The molecule has 4 nitrogen and oxygen atoms in total. The third-order valence-corrected chi connectivity index (χ3v) is 4.58. The van der Waals surface area contributed by atoms with Gasteiger partial charge < -0.3 is 5.73 Å². The maximum Gasteiger partial charge on any atom is 0.243 e. The molecular formula is C13H20N2O2S. The Labute approximate surface area is 109 Å². The molecule has 1 rings (SSSR count). The van der Waals surface area contributed by atoms with E-state index in [0.29, 0.717) is 5.69 Å². The van der Waals surface area contributed by atoms with Gasteiger partial charge in [-0.25, -0.2) is 8.42 Å². The van der Waals surface area contributed by atoms with Crippen molar-refractivity contribution in [1.82, 2.24) is 4.31 Å². The summed E-state index contributed by atoms with van der Waals surface area (Å²) in [6.45, 7) is 9.37. The molecule has 1 aromatic carbocycles. The number of nitrogens with two attached hydrogens (primary N) is 1. The van der Waals surface area contributed by atoms with Crippen molar-refractivity contribution in [1.29, 1.82) is 0 Å². The summed E-state index contributed by atoms with van der Waals surface area (Å²) >= 11 is 0. The summed E-state index contributed by atoms with van der Waals surface area (Å²) < 4.78 is 26.4. The first kappa shape index (κ1) is 14.7. The Bertz CT molecular complexity index is 516. The molecule has 0 aliphatic rings. The van der Waals surface area contributed by atoms with Gasteiger partial charge in [0.05, 0.1) is 4.90 Å². The zero-order valence-electron chi connectivity index (χ0n) is 11.1. The highest BCUT2D eigenvalue weighted by atomic mass is 32.2. The average Bonchev–Trinajstić information content (AvgIpc) is 2.23. The third-order valence-electron chi connectivity index (χ3n) is 2.56. The van der Waals surface area contributed by atoms with Crippen LogP contribution in [-0.4, -0.2) is 25.3 Å². The molecule has 0 amide bonds. The van der Waals surface area contributed by atoms with Crippen molar-refractivity contribution in [2.75, 3.05) is 12.3 Å². The number of anilines is 1. The standard InChI is InChI=1S/C13H20N2O2S/c1-5-6-15(10(2)3)18(16,17)13-8-11(4)7-12(14)9-13/h5,7-10H,1,6,14H2,2-4H3. The Morgan fingerprint density at radius 1 is 1.39 bits per heavy atom. The first-order chi connectivity index (χ1) is 8.28. The van der Waals surface area contributed by atoms with Crippen LogP contribution in [0.15, 0.2) is 35.7 Å². The minimum absolute atomic E-state index is 0.130. The maximum absolute atomic E-state index is 12.5. The van der Waals surface area contributed by atoms with Gasteiger partial charge in [-0.1, -0.05) is 6.08 Å². The molecule has 100 valence electrons. The van der Waals surface area contributed by atoms with Crippen LogP contribution in [0.25, 0.3) is 0 Å². The van der Waals surface area contributed by atoms with Gasteiger partial charge in [0.15, 0.2) is 0 Å². The number of rotatable bonds is 5. The van der Waals surface area contributed by atoms with E-state index in [1.54, 1.807) is 18.2 Å². The second-order valence-corrected chi connectivity index (χ2v) is 6.43. The molecule has 2 N–H and O–H groups in total. The second kappa shape index (κ2) is 5.54. The van der Waals surface area contributed by atoms with Crippen LogP contribution in [0, 0.1) is 6.92 Å². The molecule has 0 heterocycles. The van der Waals surface area contributed by atoms with E-state index in [0.717, 1.165) is 5.56 Å². The van der Waals surface area contributed by atoms with Gasteiger partial charge >= 0.3 is 0 Å². The molecule has 18 heavy (non-hydrogen) atoms.